The van der Waals surface area contributed by atoms with E-state index < -0.39 is 11.6 Å². The van der Waals surface area contributed by atoms with Crippen molar-refractivity contribution in [3.05, 3.63) is 47.3 Å². The molecule has 1 aromatic carbocycles. The van der Waals surface area contributed by atoms with Gasteiger partial charge in [-0.05, 0) is 6.07 Å². The van der Waals surface area contributed by atoms with Crippen molar-refractivity contribution in [3.63, 3.8) is 0 Å². The molecule has 8 heteroatoms. The number of halogens is 2. The van der Waals surface area contributed by atoms with Crippen LogP contribution in [0, 0.1) is 11.6 Å². The maximum Gasteiger partial charge on any atom is 0.242 e. The van der Waals surface area contributed by atoms with Crippen LogP contribution in [0.25, 0.3) is 0 Å². The quantitative estimate of drug-likeness (QED) is 0.827. The number of benzene rings is 1. The molecule has 1 heterocycles. The Balaban J connectivity index is 1.88. The van der Waals surface area contributed by atoms with Gasteiger partial charge >= 0.3 is 0 Å². The predicted molar refractivity (Wildman–Crippen MR) is 66.1 cm³/mol. The molecular weight excluding hydrogens is 268 g/mol. The average Bonchev–Trinajstić information content (AvgIpc) is 2.85. The molecule has 0 saturated carbocycles. The third kappa shape index (κ3) is 3.58. The van der Waals surface area contributed by atoms with Gasteiger partial charge in [0, 0.05) is 24.7 Å². The lowest BCUT2D eigenvalue weighted by atomic mass is 10.2. The van der Waals surface area contributed by atoms with Gasteiger partial charge in [-0.1, -0.05) is 11.3 Å². The van der Waals surface area contributed by atoms with E-state index in [1.165, 1.54) is 10.7 Å². The molecule has 3 N–H and O–H groups in total. The molecule has 0 aliphatic rings. The van der Waals surface area contributed by atoms with Crippen molar-refractivity contribution >= 4 is 5.91 Å². The Kier molecular flexibility index (Phi) is 4.36. The molecular formula is C12H13F2N5O. The molecule has 0 bridgehead atoms. The number of hydrogen-bond acceptors (Lipinski definition) is 4. The molecule has 1 aromatic heterocycles. The number of nitrogens with one attached hydrogen (secondary N) is 1. The summed E-state index contributed by atoms with van der Waals surface area (Å²) in [4.78, 5) is 11.6. The maximum absolute atomic E-state index is 13.3. The van der Waals surface area contributed by atoms with Gasteiger partial charge in [0.1, 0.15) is 18.2 Å². The monoisotopic (exact) mass is 281 g/mol. The smallest absolute Gasteiger partial charge is 0.242 e. The molecule has 0 unspecified atom stereocenters. The van der Waals surface area contributed by atoms with Crippen LogP contribution < -0.4 is 11.1 Å². The van der Waals surface area contributed by atoms with Crippen molar-refractivity contribution in [3.8, 4) is 0 Å². The van der Waals surface area contributed by atoms with Crippen molar-refractivity contribution in [2.75, 3.05) is 0 Å². The van der Waals surface area contributed by atoms with Crippen molar-refractivity contribution < 1.29 is 13.6 Å². The minimum absolute atomic E-state index is 0.0244. The summed E-state index contributed by atoms with van der Waals surface area (Å²) in [6.45, 7) is 0.168. The van der Waals surface area contributed by atoms with E-state index in [2.05, 4.69) is 15.6 Å². The SMILES string of the molecule is NCc1cn(CC(=O)NCc2ccc(F)cc2F)nn1. The summed E-state index contributed by atoms with van der Waals surface area (Å²) in [7, 11) is 0. The van der Waals surface area contributed by atoms with E-state index in [1.54, 1.807) is 6.20 Å². The van der Waals surface area contributed by atoms with E-state index in [9.17, 15) is 13.6 Å². The molecule has 6 nitrogen and oxygen atoms in total. The van der Waals surface area contributed by atoms with Crippen LogP contribution in [0.2, 0.25) is 0 Å². The lowest BCUT2D eigenvalue weighted by molar-refractivity contribution is -0.122. The van der Waals surface area contributed by atoms with Gasteiger partial charge in [0.15, 0.2) is 0 Å². The molecule has 0 aliphatic carbocycles. The highest BCUT2D eigenvalue weighted by Crippen LogP contribution is 2.08. The van der Waals surface area contributed by atoms with Crippen LogP contribution in [-0.4, -0.2) is 20.9 Å². The van der Waals surface area contributed by atoms with Crippen molar-refractivity contribution in [1.29, 1.82) is 0 Å². The Labute approximate surface area is 113 Å². The summed E-state index contributed by atoms with van der Waals surface area (Å²) in [5.41, 5.74) is 6.15. The summed E-state index contributed by atoms with van der Waals surface area (Å²) >= 11 is 0. The number of amides is 1. The highest BCUT2D eigenvalue weighted by Gasteiger charge is 2.08. The Morgan fingerprint density at radius 2 is 2.20 bits per heavy atom. The summed E-state index contributed by atoms with van der Waals surface area (Å²) in [6, 6.07) is 3.19. The summed E-state index contributed by atoms with van der Waals surface area (Å²) in [6.07, 6.45) is 1.55. The molecule has 2 aromatic rings. The second-order valence-electron chi connectivity index (χ2n) is 4.12. The second-order valence-corrected chi connectivity index (χ2v) is 4.12. The van der Waals surface area contributed by atoms with E-state index in [4.69, 9.17) is 5.73 Å². The van der Waals surface area contributed by atoms with E-state index in [1.807, 2.05) is 0 Å². The predicted octanol–water partition coefficient (Wildman–Crippen LogP) is 0.331. The minimum atomic E-state index is -0.698. The number of nitrogens with two attached hydrogens (primary N) is 1. The van der Waals surface area contributed by atoms with Gasteiger partial charge in [-0.2, -0.15) is 0 Å². The standard InChI is InChI=1S/C12H13F2N5O/c13-9-2-1-8(11(14)3-9)5-16-12(20)7-19-6-10(4-15)17-18-19/h1-3,6H,4-5,7,15H2,(H,16,20). The van der Waals surface area contributed by atoms with Crippen LogP contribution in [0.3, 0.4) is 0 Å². The third-order valence-electron chi connectivity index (χ3n) is 2.59. The fourth-order valence-corrected chi connectivity index (χ4v) is 1.57. The lowest BCUT2D eigenvalue weighted by Gasteiger charge is -2.06. The Morgan fingerprint density at radius 3 is 2.85 bits per heavy atom. The Bertz CT molecular complexity index is 614. The van der Waals surface area contributed by atoms with E-state index >= 15 is 0 Å². The first kappa shape index (κ1) is 14.1. The van der Waals surface area contributed by atoms with Crippen molar-refractivity contribution in [2.24, 2.45) is 5.73 Å². The normalized spacial score (nSPS) is 10.6. The number of aromatic nitrogens is 3. The van der Waals surface area contributed by atoms with Gasteiger partial charge in [-0.25, -0.2) is 13.5 Å². The van der Waals surface area contributed by atoms with Gasteiger partial charge in [0.25, 0.3) is 0 Å². The Morgan fingerprint density at radius 1 is 1.40 bits per heavy atom. The molecule has 0 saturated heterocycles. The average molecular weight is 281 g/mol. The number of carbonyl (C=O) groups is 1. The van der Waals surface area contributed by atoms with Gasteiger partial charge < -0.3 is 11.1 Å². The van der Waals surface area contributed by atoms with Crippen molar-refractivity contribution in [2.45, 2.75) is 19.6 Å². The molecule has 20 heavy (non-hydrogen) atoms. The van der Waals surface area contributed by atoms with Crippen molar-refractivity contribution in [1.82, 2.24) is 20.3 Å². The summed E-state index contributed by atoms with van der Waals surface area (Å²) in [5, 5.41) is 9.96. The van der Waals surface area contributed by atoms with Gasteiger partial charge in [0.2, 0.25) is 5.91 Å². The van der Waals surface area contributed by atoms with E-state index in [0.717, 1.165) is 12.1 Å². The second kappa shape index (κ2) is 6.20. The van der Waals surface area contributed by atoms with Crippen LogP contribution in [-0.2, 0) is 24.4 Å². The topological polar surface area (TPSA) is 85.8 Å². The molecule has 0 radical (unpaired) electrons. The first-order valence-corrected chi connectivity index (χ1v) is 5.88. The van der Waals surface area contributed by atoms with Crippen LogP contribution in [0.1, 0.15) is 11.3 Å². The summed E-state index contributed by atoms with van der Waals surface area (Å²) in [5.74, 6) is -1.71. The molecule has 2 rings (SSSR count). The van der Waals surface area contributed by atoms with E-state index in [-0.39, 0.29) is 31.1 Å². The number of carbonyl (C=O) groups excluding carboxylic acids is 1. The minimum Gasteiger partial charge on any atom is -0.350 e. The maximum atomic E-state index is 13.3. The van der Waals surface area contributed by atoms with Crippen LogP contribution in [0.15, 0.2) is 24.4 Å². The number of hydrogen-bond donors (Lipinski definition) is 2. The van der Waals surface area contributed by atoms with E-state index in [0.29, 0.717) is 5.69 Å². The zero-order chi connectivity index (χ0) is 14.5. The largest absolute Gasteiger partial charge is 0.350 e. The number of nitrogens with zero attached hydrogens (tertiary/aromatic N) is 3. The fourth-order valence-electron chi connectivity index (χ4n) is 1.57. The zero-order valence-electron chi connectivity index (χ0n) is 10.5. The highest BCUT2D eigenvalue weighted by molar-refractivity contribution is 5.75. The van der Waals surface area contributed by atoms with Crippen LogP contribution >= 0.6 is 0 Å². The highest BCUT2D eigenvalue weighted by atomic mass is 19.1. The first-order chi connectivity index (χ1) is 9.58. The zero-order valence-corrected chi connectivity index (χ0v) is 10.5. The molecule has 0 spiro atoms. The third-order valence-corrected chi connectivity index (χ3v) is 2.59. The summed E-state index contributed by atoms with van der Waals surface area (Å²) < 4.78 is 27.4. The molecule has 1 amide bonds. The lowest BCUT2D eigenvalue weighted by Crippen LogP contribution is -2.27. The molecule has 0 atom stereocenters. The fraction of sp³-hybridized carbons (Fsp3) is 0.250. The van der Waals surface area contributed by atoms with Gasteiger partial charge in [-0.3, -0.25) is 4.79 Å². The number of rotatable bonds is 5. The molecule has 106 valence electrons. The van der Waals surface area contributed by atoms with Gasteiger partial charge in [-0.15, -0.1) is 5.10 Å². The Hall–Kier alpha value is -2.35. The first-order valence-electron chi connectivity index (χ1n) is 5.88. The molecule has 0 fully saturated rings. The van der Waals surface area contributed by atoms with Gasteiger partial charge in [0.05, 0.1) is 11.9 Å². The molecule has 0 aliphatic heterocycles. The van der Waals surface area contributed by atoms with Crippen LogP contribution in [0.4, 0.5) is 8.78 Å². The van der Waals surface area contributed by atoms with Crippen LogP contribution in [0.5, 0.6) is 0 Å².